The lowest BCUT2D eigenvalue weighted by Crippen LogP contribution is -1.97. The topological polar surface area (TPSA) is 9.23 Å². The molecule has 0 aromatic heterocycles. The molecule has 1 aromatic rings. The number of benzene rings is 1. The first kappa shape index (κ1) is 13.3. The van der Waals surface area contributed by atoms with Gasteiger partial charge in [-0.05, 0) is 18.6 Å². The maximum atomic E-state index is 12.7. The van der Waals surface area contributed by atoms with Crippen molar-refractivity contribution in [3.63, 3.8) is 0 Å². The van der Waals surface area contributed by atoms with Gasteiger partial charge < -0.3 is 4.74 Å². The Balaban J connectivity index is 2.27. The highest BCUT2D eigenvalue weighted by Gasteiger charge is 2.04. The first-order valence-electron chi connectivity index (χ1n) is 5.75. The van der Waals surface area contributed by atoms with Crippen molar-refractivity contribution >= 4 is 11.6 Å². The lowest BCUT2D eigenvalue weighted by molar-refractivity contribution is 0.305. The summed E-state index contributed by atoms with van der Waals surface area (Å²) in [6.07, 6.45) is 4.74. The summed E-state index contributed by atoms with van der Waals surface area (Å²) in [6.45, 7) is 2.90. The molecule has 0 saturated heterocycles. The van der Waals surface area contributed by atoms with E-state index in [4.69, 9.17) is 16.3 Å². The second kappa shape index (κ2) is 7.50. The summed E-state index contributed by atoms with van der Waals surface area (Å²) in [5.74, 6) is 0.776. The fourth-order valence-corrected chi connectivity index (χ4v) is 1.57. The summed E-state index contributed by atoms with van der Waals surface area (Å²) in [6, 6.07) is 6.81. The number of ether oxygens (including phenoxy) is 1. The summed E-state index contributed by atoms with van der Waals surface area (Å²) in [5.41, 5.74) is -0.960. The molecule has 0 fully saturated rings. The van der Waals surface area contributed by atoms with Gasteiger partial charge in [0.2, 0.25) is 0 Å². The third-order valence-corrected chi connectivity index (χ3v) is 2.65. The Hall–Kier alpha value is -0.760. The summed E-state index contributed by atoms with van der Waals surface area (Å²) < 4.78 is 18.2. The van der Waals surface area contributed by atoms with Crippen molar-refractivity contribution in [1.82, 2.24) is 0 Å². The Bertz CT molecular complexity index is 284. The van der Waals surface area contributed by atoms with Gasteiger partial charge in [0.05, 0.1) is 6.61 Å². The van der Waals surface area contributed by atoms with Crippen LogP contribution in [0.2, 0.25) is 0 Å². The third kappa shape index (κ3) is 4.84. The van der Waals surface area contributed by atoms with Crippen LogP contribution in [0.5, 0.6) is 5.75 Å². The lowest BCUT2D eigenvalue weighted by Gasteiger charge is -2.07. The molecule has 1 nitrogen and oxygen atoms in total. The predicted octanol–water partition coefficient (Wildman–Crippen LogP) is 4.85. The highest BCUT2D eigenvalue weighted by molar-refractivity contribution is 6.19. The van der Waals surface area contributed by atoms with Crippen LogP contribution in [0, 0.1) is 0 Å². The zero-order valence-electron chi connectivity index (χ0n) is 9.59. The fraction of sp³-hybridized carbons (Fsp3) is 0.538. The molecule has 0 amide bonds. The molecule has 0 aliphatic carbocycles. The van der Waals surface area contributed by atoms with Crippen molar-refractivity contribution in [2.45, 2.75) is 38.2 Å². The predicted molar refractivity (Wildman–Crippen MR) is 65.8 cm³/mol. The van der Waals surface area contributed by atoms with Crippen molar-refractivity contribution < 1.29 is 9.13 Å². The fourth-order valence-electron chi connectivity index (χ4n) is 1.43. The van der Waals surface area contributed by atoms with Gasteiger partial charge in [0.1, 0.15) is 5.75 Å². The van der Waals surface area contributed by atoms with Crippen molar-refractivity contribution in [1.29, 1.82) is 0 Å². The maximum absolute atomic E-state index is 12.7. The minimum Gasteiger partial charge on any atom is -0.494 e. The number of halogens is 2. The second-order valence-electron chi connectivity index (χ2n) is 3.78. The lowest BCUT2D eigenvalue weighted by atomic mass is 10.2. The van der Waals surface area contributed by atoms with E-state index in [-0.39, 0.29) is 0 Å². The Morgan fingerprint density at radius 1 is 1.19 bits per heavy atom. The van der Waals surface area contributed by atoms with Gasteiger partial charge in [-0.2, -0.15) is 0 Å². The maximum Gasteiger partial charge on any atom is 0.198 e. The molecule has 0 spiro atoms. The minimum absolute atomic E-state index is 0.472. The van der Waals surface area contributed by atoms with Crippen molar-refractivity contribution in [2.75, 3.05) is 6.61 Å². The van der Waals surface area contributed by atoms with Gasteiger partial charge >= 0.3 is 0 Å². The van der Waals surface area contributed by atoms with Crippen LogP contribution in [0.15, 0.2) is 24.3 Å². The summed E-state index contributed by atoms with van der Waals surface area (Å²) in [7, 11) is 0. The summed E-state index contributed by atoms with van der Waals surface area (Å²) >= 11 is 5.31. The van der Waals surface area contributed by atoms with Crippen LogP contribution in [0.25, 0.3) is 0 Å². The molecule has 1 aromatic carbocycles. The van der Waals surface area contributed by atoms with Crippen molar-refractivity contribution in [2.24, 2.45) is 0 Å². The van der Waals surface area contributed by atoms with Crippen LogP contribution in [0.4, 0.5) is 4.39 Å². The van der Waals surface area contributed by atoms with Gasteiger partial charge in [-0.25, -0.2) is 4.39 Å². The van der Waals surface area contributed by atoms with Crippen LogP contribution in [0.3, 0.4) is 0 Å². The molecule has 0 heterocycles. The van der Waals surface area contributed by atoms with E-state index in [1.807, 2.05) is 0 Å². The monoisotopic (exact) mass is 244 g/mol. The molecule has 0 N–H and O–H groups in total. The molecule has 3 heteroatoms. The highest BCUT2D eigenvalue weighted by atomic mass is 35.5. The number of rotatable bonds is 7. The Labute approximate surface area is 102 Å². The molecule has 90 valence electrons. The molecular formula is C13H18ClFO. The first-order chi connectivity index (χ1) is 7.74. The van der Waals surface area contributed by atoms with E-state index < -0.39 is 5.63 Å². The van der Waals surface area contributed by atoms with Gasteiger partial charge in [-0.3, -0.25) is 0 Å². The van der Waals surface area contributed by atoms with E-state index in [0.29, 0.717) is 5.56 Å². The van der Waals surface area contributed by atoms with Crippen LogP contribution in [-0.2, 0) is 0 Å². The van der Waals surface area contributed by atoms with Crippen molar-refractivity contribution in [3.05, 3.63) is 29.8 Å². The molecular weight excluding hydrogens is 227 g/mol. The van der Waals surface area contributed by atoms with Crippen LogP contribution < -0.4 is 4.74 Å². The summed E-state index contributed by atoms with van der Waals surface area (Å²) in [4.78, 5) is 0. The molecule has 16 heavy (non-hydrogen) atoms. The van der Waals surface area contributed by atoms with E-state index >= 15 is 0 Å². The highest BCUT2D eigenvalue weighted by Crippen LogP contribution is 2.23. The number of hydrogen-bond acceptors (Lipinski definition) is 1. The average Bonchev–Trinajstić information content (AvgIpc) is 2.29. The first-order valence-corrected chi connectivity index (χ1v) is 6.18. The zero-order valence-corrected chi connectivity index (χ0v) is 10.3. The smallest absolute Gasteiger partial charge is 0.198 e. The van der Waals surface area contributed by atoms with E-state index in [9.17, 15) is 4.39 Å². The molecule has 1 unspecified atom stereocenters. The molecule has 0 radical (unpaired) electrons. The van der Waals surface area contributed by atoms with Crippen LogP contribution in [0.1, 0.15) is 43.8 Å². The molecule has 0 aliphatic rings. The molecule has 0 bridgehead atoms. The van der Waals surface area contributed by atoms with E-state index in [2.05, 4.69) is 6.92 Å². The van der Waals surface area contributed by atoms with Gasteiger partial charge in [0, 0.05) is 5.56 Å². The van der Waals surface area contributed by atoms with Gasteiger partial charge in [-0.15, -0.1) is 0 Å². The van der Waals surface area contributed by atoms with Gasteiger partial charge in [0.15, 0.2) is 5.63 Å². The molecule has 0 aliphatic heterocycles. The quantitative estimate of drug-likeness (QED) is 0.492. The number of alkyl halides is 2. The van der Waals surface area contributed by atoms with E-state index in [0.717, 1.165) is 18.8 Å². The Kier molecular flexibility index (Phi) is 6.24. The van der Waals surface area contributed by atoms with Gasteiger partial charge in [0.25, 0.3) is 0 Å². The number of unbranched alkanes of at least 4 members (excludes halogenated alkanes) is 3. The number of hydrogen-bond donors (Lipinski definition) is 0. The standard InChI is InChI=1S/C13H18ClFO/c1-2-3-4-5-10-16-12-8-6-11(7-9-12)13(14)15/h6-9,13H,2-5,10H2,1H3. The minimum atomic E-state index is -1.43. The molecule has 1 atom stereocenters. The summed E-state index contributed by atoms with van der Waals surface area (Å²) in [5, 5.41) is 0. The molecule has 0 saturated carbocycles. The zero-order chi connectivity index (χ0) is 11.8. The Morgan fingerprint density at radius 2 is 1.88 bits per heavy atom. The van der Waals surface area contributed by atoms with Crippen LogP contribution >= 0.6 is 11.6 Å². The van der Waals surface area contributed by atoms with Crippen molar-refractivity contribution in [3.8, 4) is 5.75 Å². The SMILES string of the molecule is CCCCCCOc1ccc(C(F)Cl)cc1. The van der Waals surface area contributed by atoms with E-state index in [1.54, 1.807) is 24.3 Å². The van der Waals surface area contributed by atoms with Crippen LogP contribution in [-0.4, -0.2) is 6.61 Å². The molecule has 1 rings (SSSR count). The largest absolute Gasteiger partial charge is 0.494 e. The average molecular weight is 245 g/mol. The Morgan fingerprint density at radius 3 is 2.44 bits per heavy atom. The third-order valence-electron chi connectivity index (χ3n) is 2.40. The van der Waals surface area contributed by atoms with E-state index in [1.165, 1.54) is 19.3 Å². The normalized spacial score (nSPS) is 12.4. The van der Waals surface area contributed by atoms with Gasteiger partial charge in [-0.1, -0.05) is 49.9 Å². The second-order valence-corrected chi connectivity index (χ2v) is 4.16.